The number of rotatable bonds is 5. The molecule has 108 valence electrons. The van der Waals surface area contributed by atoms with Crippen molar-refractivity contribution < 1.29 is 4.52 Å². The van der Waals surface area contributed by atoms with Gasteiger partial charge < -0.3 is 14.7 Å². The number of hydrogen-bond acceptors (Lipinski definition) is 5. The van der Waals surface area contributed by atoms with E-state index in [1.165, 1.54) is 12.8 Å². The molecule has 19 heavy (non-hydrogen) atoms. The Morgan fingerprint density at radius 2 is 2.37 bits per heavy atom. The molecule has 5 nitrogen and oxygen atoms in total. The molecule has 1 saturated heterocycles. The zero-order valence-corrected chi connectivity index (χ0v) is 12.4. The number of aryl methyl sites for hydroxylation is 1. The smallest absolute Gasteiger partial charge is 0.223 e. The lowest BCUT2D eigenvalue weighted by Crippen LogP contribution is -2.42. The van der Waals surface area contributed by atoms with Gasteiger partial charge in [0.1, 0.15) is 0 Å². The van der Waals surface area contributed by atoms with Crippen LogP contribution < -0.4 is 5.32 Å². The van der Waals surface area contributed by atoms with E-state index in [9.17, 15) is 0 Å². The van der Waals surface area contributed by atoms with Gasteiger partial charge in [-0.15, -0.1) is 0 Å². The van der Waals surface area contributed by atoms with Crippen LogP contribution in [0.2, 0.25) is 0 Å². The fourth-order valence-corrected chi connectivity index (χ4v) is 2.59. The quantitative estimate of drug-likeness (QED) is 0.878. The highest BCUT2D eigenvalue weighted by Crippen LogP contribution is 2.12. The first-order valence-electron chi connectivity index (χ1n) is 7.44. The molecule has 0 radical (unpaired) electrons. The molecule has 2 heterocycles. The van der Waals surface area contributed by atoms with Crippen molar-refractivity contribution in [1.82, 2.24) is 20.4 Å². The van der Waals surface area contributed by atoms with E-state index in [4.69, 9.17) is 4.52 Å². The van der Waals surface area contributed by atoms with Crippen LogP contribution in [-0.2, 0) is 6.42 Å². The zero-order chi connectivity index (χ0) is 13.7. The molecule has 0 bridgehead atoms. The minimum Gasteiger partial charge on any atom is -0.340 e. The summed E-state index contributed by atoms with van der Waals surface area (Å²) in [5.74, 6) is 2.22. The number of nitrogens with zero attached hydrogens (tertiary/aromatic N) is 3. The number of aromatic nitrogens is 2. The molecule has 1 aliphatic heterocycles. The van der Waals surface area contributed by atoms with Crippen LogP contribution >= 0.6 is 0 Å². The summed E-state index contributed by atoms with van der Waals surface area (Å²) in [4.78, 5) is 6.80. The van der Waals surface area contributed by atoms with Gasteiger partial charge in [-0.3, -0.25) is 0 Å². The predicted molar refractivity (Wildman–Crippen MR) is 75.0 cm³/mol. The van der Waals surface area contributed by atoms with Crippen molar-refractivity contribution >= 4 is 0 Å². The molecule has 2 atom stereocenters. The third-order valence-corrected chi connectivity index (χ3v) is 4.06. The minimum atomic E-state index is 0.611. The molecule has 2 rings (SSSR count). The lowest BCUT2D eigenvalue weighted by Gasteiger charge is -2.27. The Hall–Kier alpha value is -0.940. The van der Waals surface area contributed by atoms with Crippen molar-refractivity contribution in [3.63, 3.8) is 0 Å². The molecule has 0 saturated carbocycles. The van der Waals surface area contributed by atoms with E-state index in [-0.39, 0.29) is 0 Å². The van der Waals surface area contributed by atoms with E-state index in [1.54, 1.807) is 0 Å². The van der Waals surface area contributed by atoms with E-state index < -0.39 is 0 Å². The Bertz CT molecular complexity index is 379. The second kappa shape index (κ2) is 7.01. The lowest BCUT2D eigenvalue weighted by atomic mass is 9.99. The van der Waals surface area contributed by atoms with Gasteiger partial charge in [-0.2, -0.15) is 4.98 Å². The van der Waals surface area contributed by atoms with E-state index >= 15 is 0 Å². The largest absolute Gasteiger partial charge is 0.340 e. The summed E-state index contributed by atoms with van der Waals surface area (Å²) in [5, 5.41) is 7.64. The summed E-state index contributed by atoms with van der Waals surface area (Å²) < 4.78 is 5.01. The average molecular weight is 266 g/mol. The molecular weight excluding hydrogens is 240 g/mol. The van der Waals surface area contributed by atoms with Crippen LogP contribution in [0.15, 0.2) is 4.52 Å². The third-order valence-electron chi connectivity index (χ3n) is 4.06. The van der Waals surface area contributed by atoms with E-state index in [0.717, 1.165) is 44.3 Å². The second-order valence-corrected chi connectivity index (χ2v) is 5.58. The first kappa shape index (κ1) is 14.5. The molecule has 5 heteroatoms. The summed E-state index contributed by atoms with van der Waals surface area (Å²) in [6.07, 6.45) is 3.33. The average Bonchev–Trinajstić information content (AvgIpc) is 2.69. The molecule has 2 unspecified atom stereocenters. The molecule has 1 aliphatic rings. The van der Waals surface area contributed by atoms with Crippen molar-refractivity contribution in [3.05, 3.63) is 11.7 Å². The van der Waals surface area contributed by atoms with Crippen LogP contribution in [0.5, 0.6) is 0 Å². The number of nitrogens with one attached hydrogen (secondary N) is 1. The number of hydrogen-bond donors (Lipinski definition) is 1. The highest BCUT2D eigenvalue weighted by Gasteiger charge is 2.21. The van der Waals surface area contributed by atoms with Gasteiger partial charge in [0.25, 0.3) is 0 Å². The Morgan fingerprint density at radius 3 is 3.05 bits per heavy atom. The lowest BCUT2D eigenvalue weighted by molar-refractivity contribution is 0.238. The Labute approximate surface area is 115 Å². The molecule has 0 spiro atoms. The van der Waals surface area contributed by atoms with Crippen LogP contribution in [0.1, 0.15) is 38.4 Å². The van der Waals surface area contributed by atoms with Gasteiger partial charge in [-0.25, -0.2) is 0 Å². The Kier molecular flexibility index (Phi) is 5.34. The van der Waals surface area contributed by atoms with E-state index in [1.807, 2.05) is 6.92 Å². The summed E-state index contributed by atoms with van der Waals surface area (Å²) in [6, 6.07) is 0.611. The first-order valence-corrected chi connectivity index (χ1v) is 7.44. The van der Waals surface area contributed by atoms with Gasteiger partial charge in [0.2, 0.25) is 5.89 Å². The summed E-state index contributed by atoms with van der Waals surface area (Å²) in [7, 11) is 0. The Morgan fingerprint density at radius 1 is 1.53 bits per heavy atom. The molecule has 1 aromatic heterocycles. The van der Waals surface area contributed by atoms with Crippen molar-refractivity contribution in [1.29, 1.82) is 0 Å². The van der Waals surface area contributed by atoms with Gasteiger partial charge in [-0.1, -0.05) is 25.4 Å². The van der Waals surface area contributed by atoms with Gasteiger partial charge in [0.15, 0.2) is 5.82 Å². The maximum absolute atomic E-state index is 5.01. The highest BCUT2D eigenvalue weighted by molar-refractivity contribution is 4.87. The van der Waals surface area contributed by atoms with Crippen LogP contribution in [0, 0.1) is 12.8 Å². The maximum atomic E-state index is 5.01. The molecule has 1 fully saturated rings. The highest BCUT2D eigenvalue weighted by atomic mass is 16.5. The molecular formula is C14H26N4O. The second-order valence-electron chi connectivity index (χ2n) is 5.58. The van der Waals surface area contributed by atoms with Crippen LogP contribution in [-0.4, -0.2) is 47.3 Å². The normalized spacial score (nSPS) is 23.2. The minimum absolute atomic E-state index is 0.611. The van der Waals surface area contributed by atoms with Gasteiger partial charge in [0.05, 0.1) is 0 Å². The molecule has 0 aromatic carbocycles. The van der Waals surface area contributed by atoms with Gasteiger partial charge in [-0.05, 0) is 25.4 Å². The van der Waals surface area contributed by atoms with E-state index in [2.05, 4.69) is 34.2 Å². The maximum Gasteiger partial charge on any atom is 0.223 e. The zero-order valence-electron chi connectivity index (χ0n) is 12.4. The summed E-state index contributed by atoms with van der Waals surface area (Å²) >= 11 is 0. The van der Waals surface area contributed by atoms with Crippen LogP contribution in [0.25, 0.3) is 0 Å². The van der Waals surface area contributed by atoms with Crippen molar-refractivity contribution in [2.24, 2.45) is 5.92 Å². The predicted octanol–water partition coefficient (Wildman–Crippen LogP) is 1.63. The Balaban J connectivity index is 1.84. The van der Waals surface area contributed by atoms with Crippen LogP contribution in [0.3, 0.4) is 0 Å². The standard InChI is InChI=1S/C14H26N4O/c1-4-11(2)13-10-18(8-5-7-15-13)9-6-14-16-12(3)19-17-14/h11,13,15H,4-10H2,1-3H3. The SMILES string of the molecule is CCC(C)C1CN(CCc2noc(C)n2)CCCN1. The van der Waals surface area contributed by atoms with Crippen molar-refractivity contribution in [3.8, 4) is 0 Å². The fraction of sp³-hybridized carbons (Fsp3) is 0.857. The first-order chi connectivity index (χ1) is 9.19. The van der Waals surface area contributed by atoms with Crippen molar-refractivity contribution in [2.75, 3.05) is 26.2 Å². The molecule has 1 aromatic rings. The molecule has 1 N–H and O–H groups in total. The summed E-state index contributed by atoms with van der Waals surface area (Å²) in [6.45, 7) is 10.9. The van der Waals surface area contributed by atoms with E-state index in [0.29, 0.717) is 11.9 Å². The monoisotopic (exact) mass is 266 g/mol. The van der Waals surface area contributed by atoms with Gasteiger partial charge in [0, 0.05) is 32.5 Å². The summed E-state index contributed by atoms with van der Waals surface area (Å²) in [5.41, 5.74) is 0. The molecule has 0 amide bonds. The molecule has 0 aliphatic carbocycles. The topological polar surface area (TPSA) is 54.2 Å². The fourth-order valence-electron chi connectivity index (χ4n) is 2.59. The van der Waals surface area contributed by atoms with Crippen molar-refractivity contribution in [2.45, 2.75) is 46.1 Å². The third kappa shape index (κ3) is 4.28. The van der Waals surface area contributed by atoms with Gasteiger partial charge >= 0.3 is 0 Å². The van der Waals surface area contributed by atoms with Crippen LogP contribution in [0.4, 0.5) is 0 Å².